The van der Waals surface area contributed by atoms with E-state index in [1.165, 1.54) is 0 Å². The summed E-state index contributed by atoms with van der Waals surface area (Å²) in [4.78, 5) is 12.8. The summed E-state index contributed by atoms with van der Waals surface area (Å²) in [6, 6.07) is 1.97. The SMILES string of the molecule is [K+].[N-]=[N+]=Nc1cc(C(=O)O)cc([B-](F)(F)F)c1. The monoisotopic (exact) mass is 269 g/mol. The number of rotatable bonds is 3. The number of halogens is 3. The topological polar surface area (TPSA) is 86.1 Å². The van der Waals surface area contributed by atoms with Gasteiger partial charge in [-0.3, -0.25) is 0 Å². The quantitative estimate of drug-likeness (QED) is 0.343. The number of benzene rings is 1. The Kier molecular flexibility index (Phi) is 6.24. The third kappa shape index (κ3) is 4.70. The van der Waals surface area contributed by atoms with Gasteiger partial charge in [-0.05, 0) is 11.6 Å². The molecule has 0 bridgehead atoms. The molecule has 0 amide bonds. The van der Waals surface area contributed by atoms with Crippen LogP contribution in [0.1, 0.15) is 10.4 Å². The van der Waals surface area contributed by atoms with E-state index < -0.39 is 24.0 Å². The zero-order chi connectivity index (χ0) is 12.3. The predicted octanol–water partition coefficient (Wildman–Crippen LogP) is -0.615. The molecule has 0 fully saturated rings. The third-order valence-corrected chi connectivity index (χ3v) is 1.73. The van der Waals surface area contributed by atoms with Crippen LogP contribution in [0, 0.1) is 0 Å². The fraction of sp³-hybridized carbons (Fsp3) is 0. The molecule has 0 saturated heterocycles. The molecule has 0 atom stereocenters. The number of carboxylic acid groups (broad SMARTS) is 1. The summed E-state index contributed by atoms with van der Waals surface area (Å²) in [5.74, 6) is -1.52. The summed E-state index contributed by atoms with van der Waals surface area (Å²) in [6.45, 7) is -5.33. The van der Waals surface area contributed by atoms with Crippen molar-refractivity contribution in [1.29, 1.82) is 0 Å². The minimum Gasteiger partial charge on any atom is -0.478 e. The van der Waals surface area contributed by atoms with E-state index in [0.29, 0.717) is 12.1 Å². The second-order valence-corrected chi connectivity index (χ2v) is 2.88. The molecule has 0 unspecified atom stereocenters. The van der Waals surface area contributed by atoms with Crippen LogP contribution in [-0.4, -0.2) is 18.1 Å². The van der Waals surface area contributed by atoms with Crippen LogP contribution in [0.2, 0.25) is 0 Å². The van der Waals surface area contributed by atoms with E-state index in [1.807, 2.05) is 0 Å². The summed E-state index contributed by atoms with van der Waals surface area (Å²) in [7, 11) is 0. The van der Waals surface area contributed by atoms with E-state index in [9.17, 15) is 17.7 Å². The van der Waals surface area contributed by atoms with Crippen LogP contribution in [0.4, 0.5) is 18.6 Å². The van der Waals surface area contributed by atoms with E-state index in [1.54, 1.807) is 0 Å². The molecule has 1 aromatic rings. The van der Waals surface area contributed by atoms with Gasteiger partial charge in [-0.25, -0.2) is 4.79 Å². The molecular weight excluding hydrogens is 265 g/mol. The van der Waals surface area contributed by atoms with Gasteiger partial charge >= 0.3 is 64.3 Å². The Balaban J connectivity index is 0.00000256. The molecule has 0 saturated carbocycles. The molecule has 0 aliphatic rings. The van der Waals surface area contributed by atoms with E-state index in [4.69, 9.17) is 10.6 Å². The molecule has 10 heteroatoms. The second kappa shape index (κ2) is 6.43. The Morgan fingerprint density at radius 3 is 2.35 bits per heavy atom. The van der Waals surface area contributed by atoms with Gasteiger partial charge in [-0.15, -0.1) is 5.46 Å². The molecule has 1 aromatic carbocycles. The van der Waals surface area contributed by atoms with Crippen molar-refractivity contribution in [3.63, 3.8) is 0 Å². The van der Waals surface area contributed by atoms with Crippen molar-refractivity contribution in [3.05, 3.63) is 34.2 Å². The van der Waals surface area contributed by atoms with Gasteiger partial charge in [-0.2, -0.15) is 0 Å². The largest absolute Gasteiger partial charge is 1.00 e. The summed E-state index contributed by atoms with van der Waals surface area (Å²) in [6.07, 6.45) is 0. The average molecular weight is 269 g/mol. The molecular formula is C7H4BF3KN3O2. The van der Waals surface area contributed by atoms with E-state index in [-0.39, 0.29) is 57.1 Å². The van der Waals surface area contributed by atoms with Gasteiger partial charge in [0.1, 0.15) is 0 Å². The predicted molar refractivity (Wildman–Crippen MR) is 50.9 cm³/mol. The average Bonchev–Trinajstić information content (AvgIpc) is 2.16. The molecule has 1 N–H and O–H groups in total. The van der Waals surface area contributed by atoms with Crippen LogP contribution in [0.15, 0.2) is 23.3 Å². The van der Waals surface area contributed by atoms with Gasteiger partial charge in [0.25, 0.3) is 0 Å². The summed E-state index contributed by atoms with van der Waals surface area (Å²) >= 11 is 0. The molecule has 0 aliphatic carbocycles. The number of azide groups is 1. The van der Waals surface area contributed by atoms with Gasteiger partial charge in [0.2, 0.25) is 0 Å². The first-order valence-corrected chi connectivity index (χ1v) is 3.98. The summed E-state index contributed by atoms with van der Waals surface area (Å²) in [5, 5.41) is 11.5. The Bertz CT molecular complexity index is 467. The fourth-order valence-corrected chi connectivity index (χ4v) is 1.06. The zero-order valence-corrected chi connectivity index (χ0v) is 11.8. The maximum atomic E-state index is 12.4. The van der Waals surface area contributed by atoms with Crippen molar-refractivity contribution >= 4 is 24.1 Å². The minimum absolute atomic E-state index is 0. The number of aromatic carboxylic acids is 1. The number of hydrogen-bond donors (Lipinski definition) is 1. The second-order valence-electron chi connectivity index (χ2n) is 2.88. The molecule has 0 aliphatic heterocycles. The van der Waals surface area contributed by atoms with Gasteiger partial charge in [0, 0.05) is 10.6 Å². The number of hydrogen-bond acceptors (Lipinski definition) is 2. The molecule has 0 spiro atoms. The molecule has 0 aromatic heterocycles. The van der Waals surface area contributed by atoms with E-state index in [0.717, 1.165) is 6.07 Å². The third-order valence-electron chi connectivity index (χ3n) is 1.73. The van der Waals surface area contributed by atoms with Crippen molar-refractivity contribution in [1.82, 2.24) is 0 Å². The number of carboxylic acids is 1. The van der Waals surface area contributed by atoms with Crippen molar-refractivity contribution in [2.45, 2.75) is 0 Å². The number of nitrogens with zero attached hydrogens (tertiary/aromatic N) is 3. The van der Waals surface area contributed by atoms with Crippen LogP contribution < -0.4 is 56.8 Å². The maximum absolute atomic E-state index is 12.4. The van der Waals surface area contributed by atoms with Gasteiger partial charge in [0.05, 0.1) is 5.56 Å². The van der Waals surface area contributed by atoms with Gasteiger partial charge in [0.15, 0.2) is 0 Å². The number of carbonyl (C=O) groups is 1. The van der Waals surface area contributed by atoms with E-state index in [2.05, 4.69) is 10.0 Å². The first-order chi connectivity index (χ1) is 7.34. The smallest absolute Gasteiger partial charge is 0.478 e. The van der Waals surface area contributed by atoms with Crippen LogP contribution in [0.25, 0.3) is 10.4 Å². The fourth-order valence-electron chi connectivity index (χ4n) is 1.06. The molecule has 0 heterocycles. The normalized spacial score (nSPS) is 10.1. The Morgan fingerprint density at radius 2 is 1.94 bits per heavy atom. The standard InChI is InChI=1S/C7H4BF3N3O2.K/c9-8(10,11)5-1-4(7(15)16)2-6(3-5)13-14-12;/h1-3H,(H,15,16);/q-1;+1. The summed E-state index contributed by atoms with van der Waals surface area (Å²) < 4.78 is 37.2. The minimum atomic E-state index is -5.33. The zero-order valence-electron chi connectivity index (χ0n) is 8.64. The van der Waals surface area contributed by atoms with Crippen LogP contribution in [0.5, 0.6) is 0 Å². The maximum Gasteiger partial charge on any atom is 1.00 e. The van der Waals surface area contributed by atoms with Gasteiger partial charge < -0.3 is 18.1 Å². The van der Waals surface area contributed by atoms with Crippen molar-refractivity contribution in [2.75, 3.05) is 0 Å². The Labute approximate surface area is 136 Å². The first-order valence-electron chi connectivity index (χ1n) is 3.98. The van der Waals surface area contributed by atoms with Crippen LogP contribution in [0.3, 0.4) is 0 Å². The Morgan fingerprint density at radius 1 is 1.35 bits per heavy atom. The Hall–Kier alpha value is -0.509. The molecule has 84 valence electrons. The molecule has 0 radical (unpaired) electrons. The van der Waals surface area contributed by atoms with Crippen LogP contribution in [-0.2, 0) is 0 Å². The van der Waals surface area contributed by atoms with Crippen LogP contribution >= 0.6 is 0 Å². The molecule has 5 nitrogen and oxygen atoms in total. The van der Waals surface area contributed by atoms with Crippen molar-refractivity contribution in [2.24, 2.45) is 5.11 Å². The van der Waals surface area contributed by atoms with Crippen molar-refractivity contribution < 1.29 is 74.2 Å². The molecule has 1 rings (SSSR count). The van der Waals surface area contributed by atoms with Crippen molar-refractivity contribution in [3.8, 4) is 0 Å². The van der Waals surface area contributed by atoms with Gasteiger partial charge in [-0.1, -0.05) is 17.2 Å². The summed E-state index contributed by atoms with van der Waals surface area (Å²) in [5.41, 5.74) is 6.02. The van der Waals surface area contributed by atoms with E-state index >= 15 is 0 Å². The first kappa shape index (κ1) is 16.5. The molecule has 17 heavy (non-hydrogen) atoms.